The molecule has 0 amide bonds. The maximum atomic E-state index is 12.6. The summed E-state index contributed by atoms with van der Waals surface area (Å²) in [4.78, 5) is 34.9. The summed E-state index contributed by atoms with van der Waals surface area (Å²) in [6, 6.07) is 0. The Morgan fingerprint density at radius 1 is 0.577 bits per heavy atom. The molecule has 0 saturated carbocycles. The van der Waals surface area contributed by atoms with Crippen LogP contribution in [0.1, 0.15) is 174 Å². The number of phosphoric acid groups is 1. The maximum absolute atomic E-state index is 12.6. The predicted molar refractivity (Wildman–Crippen MR) is 210 cm³/mol. The molecule has 0 radical (unpaired) electrons. The van der Waals surface area contributed by atoms with Crippen molar-refractivity contribution in [3.8, 4) is 0 Å². The zero-order valence-electron chi connectivity index (χ0n) is 32.8. The fourth-order valence-corrected chi connectivity index (χ4v) is 6.07. The highest BCUT2D eigenvalue weighted by Gasteiger charge is 2.27. The molecule has 0 aromatic rings. The largest absolute Gasteiger partial charge is 0.472 e. The fourth-order valence-electron chi connectivity index (χ4n) is 5.28. The second kappa shape index (κ2) is 37.5. The highest BCUT2D eigenvalue weighted by Crippen LogP contribution is 2.43. The molecule has 304 valence electrons. The number of esters is 2. The van der Waals surface area contributed by atoms with Crippen LogP contribution in [-0.4, -0.2) is 65.7 Å². The molecule has 0 bridgehead atoms. The number of hydrogen-bond donors (Lipinski definition) is 3. The molecule has 0 heterocycles. The van der Waals surface area contributed by atoms with Crippen LogP contribution in [0.25, 0.3) is 0 Å². The molecule has 11 heteroatoms. The number of rotatable bonds is 38. The van der Waals surface area contributed by atoms with Gasteiger partial charge in [0, 0.05) is 12.8 Å². The van der Waals surface area contributed by atoms with Gasteiger partial charge < -0.3 is 24.6 Å². The lowest BCUT2D eigenvalue weighted by Gasteiger charge is -2.20. The minimum Gasteiger partial charge on any atom is -0.462 e. The summed E-state index contributed by atoms with van der Waals surface area (Å²) in [5, 5.41) is 18.3. The Morgan fingerprint density at radius 2 is 1.00 bits per heavy atom. The number of ether oxygens (including phenoxy) is 2. The SMILES string of the molecule is CCCC/C=C/C/C=C/CCCCCCCC(=O)O[C@H](COC(=O)CCCCCCCCCCC/C=C/CCCC)COP(=O)(O)OC[C@@H](O)CO. The minimum atomic E-state index is -4.62. The molecule has 0 aliphatic rings. The van der Waals surface area contributed by atoms with Crippen molar-refractivity contribution in [2.75, 3.05) is 26.4 Å². The first kappa shape index (κ1) is 50.2. The first-order chi connectivity index (χ1) is 25.2. The number of unbranched alkanes of at least 4 members (excludes halogenated alkanes) is 18. The molecule has 0 aliphatic carbocycles. The number of carbonyl (C=O) groups excluding carboxylic acids is 2. The average Bonchev–Trinajstić information content (AvgIpc) is 3.13. The normalized spacial score (nSPS) is 14.3. The summed E-state index contributed by atoms with van der Waals surface area (Å²) in [5.41, 5.74) is 0. The van der Waals surface area contributed by atoms with Crippen LogP contribution in [0.4, 0.5) is 0 Å². The lowest BCUT2D eigenvalue weighted by molar-refractivity contribution is -0.161. The Bertz CT molecular complexity index is 967. The molecular weight excluding hydrogens is 683 g/mol. The van der Waals surface area contributed by atoms with E-state index in [0.29, 0.717) is 12.8 Å². The van der Waals surface area contributed by atoms with Gasteiger partial charge in [-0.25, -0.2) is 4.57 Å². The van der Waals surface area contributed by atoms with Crippen molar-refractivity contribution in [2.45, 2.75) is 187 Å². The molecule has 0 aromatic carbocycles. The van der Waals surface area contributed by atoms with Crippen LogP contribution in [0.2, 0.25) is 0 Å². The quantitative estimate of drug-likeness (QED) is 0.0240. The highest BCUT2D eigenvalue weighted by molar-refractivity contribution is 7.47. The summed E-state index contributed by atoms with van der Waals surface area (Å²) in [6.45, 7) is 2.28. The molecule has 1 unspecified atom stereocenters. The van der Waals surface area contributed by atoms with Gasteiger partial charge >= 0.3 is 19.8 Å². The number of phosphoric ester groups is 1. The van der Waals surface area contributed by atoms with Gasteiger partial charge in [0.15, 0.2) is 6.10 Å². The van der Waals surface area contributed by atoms with E-state index in [-0.39, 0.29) is 19.4 Å². The molecule has 3 atom stereocenters. The average molecular weight is 759 g/mol. The monoisotopic (exact) mass is 759 g/mol. The summed E-state index contributed by atoms with van der Waals surface area (Å²) in [5.74, 6) is -0.944. The van der Waals surface area contributed by atoms with E-state index in [4.69, 9.17) is 19.1 Å². The molecule has 10 nitrogen and oxygen atoms in total. The van der Waals surface area contributed by atoms with E-state index in [1.165, 1.54) is 70.6 Å². The van der Waals surface area contributed by atoms with E-state index in [1.807, 2.05) is 0 Å². The van der Waals surface area contributed by atoms with E-state index >= 15 is 0 Å². The second-order valence-corrected chi connectivity index (χ2v) is 15.1. The summed E-state index contributed by atoms with van der Waals surface area (Å²) in [7, 11) is -4.62. The van der Waals surface area contributed by atoms with E-state index in [1.54, 1.807) is 0 Å². The second-order valence-electron chi connectivity index (χ2n) is 13.7. The summed E-state index contributed by atoms with van der Waals surface area (Å²) >= 11 is 0. The number of aliphatic hydroxyl groups excluding tert-OH is 2. The van der Waals surface area contributed by atoms with Crippen molar-refractivity contribution >= 4 is 19.8 Å². The predicted octanol–water partition coefficient (Wildman–Crippen LogP) is 10.4. The van der Waals surface area contributed by atoms with E-state index in [9.17, 15) is 24.2 Å². The number of hydrogen-bond acceptors (Lipinski definition) is 9. The van der Waals surface area contributed by atoms with Gasteiger partial charge in [-0.1, -0.05) is 140 Å². The number of allylic oxidation sites excluding steroid dienone is 6. The van der Waals surface area contributed by atoms with E-state index < -0.39 is 51.8 Å². The van der Waals surface area contributed by atoms with Crippen LogP contribution in [0.3, 0.4) is 0 Å². The maximum Gasteiger partial charge on any atom is 0.472 e. The van der Waals surface area contributed by atoms with E-state index in [0.717, 1.165) is 64.2 Å². The third-order valence-corrected chi connectivity index (χ3v) is 9.47. The van der Waals surface area contributed by atoms with Crippen molar-refractivity contribution in [3.05, 3.63) is 36.5 Å². The summed E-state index contributed by atoms with van der Waals surface area (Å²) in [6.07, 6.45) is 36.8. The standard InChI is InChI=1S/C41H75O10P/c1-3-5-7-9-11-13-15-17-19-21-22-24-26-28-30-32-40(44)48-36-39(37-50-52(46,47)49-35-38(43)34-42)51-41(45)33-31-29-27-25-23-20-18-16-14-12-10-8-6-4-2/h9-12,16,18,38-39,42-43H,3-8,13-15,17,19-37H2,1-2H3,(H,46,47)/b11-9+,12-10+,18-16+/t38-,39+/m0/s1. The summed E-state index contributed by atoms with van der Waals surface area (Å²) < 4.78 is 32.6. The van der Waals surface area contributed by atoms with Gasteiger partial charge in [0.1, 0.15) is 12.7 Å². The number of aliphatic hydroxyl groups is 2. The lowest BCUT2D eigenvalue weighted by atomic mass is 10.1. The molecule has 0 aromatic heterocycles. The van der Waals surface area contributed by atoms with Gasteiger partial charge in [0.2, 0.25) is 0 Å². The molecule has 0 fully saturated rings. The van der Waals surface area contributed by atoms with Gasteiger partial charge in [0.25, 0.3) is 0 Å². The van der Waals surface area contributed by atoms with Crippen LogP contribution < -0.4 is 0 Å². The smallest absolute Gasteiger partial charge is 0.462 e. The zero-order chi connectivity index (χ0) is 38.4. The molecule has 0 saturated heterocycles. The van der Waals surface area contributed by atoms with E-state index in [2.05, 4.69) is 54.8 Å². The highest BCUT2D eigenvalue weighted by atomic mass is 31.2. The topological polar surface area (TPSA) is 149 Å². The van der Waals surface area contributed by atoms with Crippen LogP contribution >= 0.6 is 7.82 Å². The first-order valence-corrected chi connectivity index (χ1v) is 21.9. The molecule has 3 N–H and O–H groups in total. The van der Waals surface area contributed by atoms with Crippen molar-refractivity contribution < 1.29 is 47.8 Å². The van der Waals surface area contributed by atoms with Crippen molar-refractivity contribution in [3.63, 3.8) is 0 Å². The van der Waals surface area contributed by atoms with Crippen LogP contribution in [0.5, 0.6) is 0 Å². The Labute approximate surface area is 316 Å². The third-order valence-electron chi connectivity index (χ3n) is 8.52. The van der Waals surface area contributed by atoms with Gasteiger partial charge in [-0.3, -0.25) is 18.6 Å². The van der Waals surface area contributed by atoms with Gasteiger partial charge in [-0.2, -0.15) is 0 Å². The molecular formula is C41H75O10P. The molecule has 0 aliphatic heterocycles. The lowest BCUT2D eigenvalue weighted by Crippen LogP contribution is -2.29. The van der Waals surface area contributed by atoms with Gasteiger partial charge in [0.05, 0.1) is 19.8 Å². The van der Waals surface area contributed by atoms with Crippen molar-refractivity contribution in [1.82, 2.24) is 0 Å². The molecule has 0 spiro atoms. The Kier molecular flexibility index (Phi) is 36.2. The fraction of sp³-hybridized carbons (Fsp3) is 0.805. The molecule has 0 rings (SSSR count). The molecule has 52 heavy (non-hydrogen) atoms. The Balaban J connectivity index is 4.35. The zero-order valence-corrected chi connectivity index (χ0v) is 33.7. The van der Waals surface area contributed by atoms with Gasteiger partial charge in [-0.05, 0) is 57.8 Å². The Hall–Kier alpha value is -1.81. The van der Waals surface area contributed by atoms with Gasteiger partial charge in [-0.15, -0.1) is 0 Å². The van der Waals surface area contributed by atoms with Crippen LogP contribution in [-0.2, 0) is 32.7 Å². The number of carbonyl (C=O) groups is 2. The first-order valence-electron chi connectivity index (χ1n) is 20.4. The minimum absolute atomic E-state index is 0.168. The Morgan fingerprint density at radius 3 is 1.50 bits per heavy atom. The van der Waals surface area contributed by atoms with Crippen molar-refractivity contribution in [1.29, 1.82) is 0 Å². The third kappa shape index (κ3) is 36.5. The van der Waals surface area contributed by atoms with Crippen LogP contribution in [0, 0.1) is 0 Å². The van der Waals surface area contributed by atoms with Crippen molar-refractivity contribution in [2.24, 2.45) is 0 Å². The van der Waals surface area contributed by atoms with Crippen LogP contribution in [0.15, 0.2) is 36.5 Å².